The average Bonchev–Trinajstić information content (AvgIpc) is 3.77. The van der Waals surface area contributed by atoms with Gasteiger partial charge in [0.25, 0.3) is 0 Å². The summed E-state index contributed by atoms with van der Waals surface area (Å²) in [4.78, 5) is 9.74. The standard InChI is InChI=1S/C31H19N2O.C19H26NSi.Ir/c1-2-9-21(10-3-1)22-17-19-23(20-18-22)33-28-15-6-5-14-27(28)32-31(33)26-13-8-12-25-24-11-4-7-16-29(24)34-30(25)26;1-19(2,3)13-16-12-17(15-10-8-7-9-11-15)20-14-18(16)21(4,5)6;/h1-12,14-20H;7-10,12,14H,13H2,1-6H3;/q2*-1;. The molecule has 9 rings (SSSR count). The summed E-state index contributed by atoms with van der Waals surface area (Å²) in [6.45, 7) is 14.1. The largest absolute Gasteiger partial charge is 0.501 e. The second-order valence-corrected chi connectivity index (χ2v) is 21.4. The molecule has 0 unspecified atom stereocenters. The molecule has 9 aromatic rings. The number of aromatic nitrogens is 3. The van der Waals surface area contributed by atoms with E-state index in [1.165, 1.54) is 21.9 Å². The number of hydrogen-bond donors (Lipinski definition) is 0. The molecule has 0 aliphatic carbocycles. The summed E-state index contributed by atoms with van der Waals surface area (Å²) < 4.78 is 8.51. The fourth-order valence-corrected chi connectivity index (χ4v) is 8.91. The first-order valence-corrected chi connectivity index (χ1v) is 22.5. The summed E-state index contributed by atoms with van der Waals surface area (Å²) in [7, 11) is -1.37. The number of hydrogen-bond acceptors (Lipinski definition) is 3. The molecule has 0 amide bonds. The molecule has 0 saturated heterocycles. The first-order valence-electron chi connectivity index (χ1n) is 19.0. The van der Waals surface area contributed by atoms with E-state index in [4.69, 9.17) is 14.4 Å². The van der Waals surface area contributed by atoms with Crippen LogP contribution in [0.2, 0.25) is 19.6 Å². The van der Waals surface area contributed by atoms with Crippen molar-refractivity contribution >= 4 is 46.2 Å². The van der Waals surface area contributed by atoms with Crippen molar-refractivity contribution < 1.29 is 24.5 Å². The van der Waals surface area contributed by atoms with E-state index < -0.39 is 8.07 Å². The van der Waals surface area contributed by atoms with Crippen molar-refractivity contribution in [1.82, 2.24) is 14.5 Å². The maximum atomic E-state index is 6.32. The van der Waals surface area contributed by atoms with Crippen LogP contribution in [0.1, 0.15) is 26.3 Å². The van der Waals surface area contributed by atoms with E-state index in [0.717, 1.165) is 67.7 Å². The van der Waals surface area contributed by atoms with Crippen LogP contribution < -0.4 is 5.19 Å². The molecule has 281 valence electrons. The second-order valence-electron chi connectivity index (χ2n) is 16.4. The van der Waals surface area contributed by atoms with E-state index >= 15 is 0 Å². The third-order valence-electron chi connectivity index (χ3n) is 9.86. The fourth-order valence-electron chi connectivity index (χ4n) is 7.34. The maximum absolute atomic E-state index is 6.32. The molecule has 6 heteroatoms. The summed E-state index contributed by atoms with van der Waals surface area (Å²) in [6, 6.07) is 56.5. The van der Waals surface area contributed by atoms with E-state index in [-0.39, 0.29) is 25.5 Å². The first kappa shape index (κ1) is 38.9. The van der Waals surface area contributed by atoms with Gasteiger partial charge in [0.1, 0.15) is 5.58 Å². The van der Waals surface area contributed by atoms with Crippen LogP contribution in [-0.4, -0.2) is 22.6 Å². The molecule has 0 spiro atoms. The number of para-hydroxylation sites is 3. The Morgan fingerprint density at radius 2 is 1.39 bits per heavy atom. The molecule has 0 atom stereocenters. The summed E-state index contributed by atoms with van der Waals surface area (Å²) in [6.07, 6.45) is 3.21. The van der Waals surface area contributed by atoms with Crippen LogP contribution in [0.4, 0.5) is 0 Å². The number of pyridine rings is 1. The zero-order chi connectivity index (χ0) is 38.2. The second kappa shape index (κ2) is 16.0. The Morgan fingerprint density at radius 1 is 0.696 bits per heavy atom. The van der Waals surface area contributed by atoms with Gasteiger partial charge >= 0.3 is 0 Å². The molecule has 0 N–H and O–H groups in total. The van der Waals surface area contributed by atoms with Crippen LogP contribution in [-0.2, 0) is 26.5 Å². The van der Waals surface area contributed by atoms with Gasteiger partial charge in [-0.3, -0.25) is 4.98 Å². The van der Waals surface area contributed by atoms with Gasteiger partial charge in [-0.15, -0.1) is 54.1 Å². The molecule has 6 aromatic carbocycles. The third kappa shape index (κ3) is 8.10. The van der Waals surface area contributed by atoms with E-state index in [1.807, 2.05) is 66.7 Å². The molecule has 0 aliphatic rings. The van der Waals surface area contributed by atoms with Gasteiger partial charge in [-0.25, -0.2) is 0 Å². The Kier molecular flexibility index (Phi) is 11.1. The summed E-state index contributed by atoms with van der Waals surface area (Å²) in [5.74, 6) is 0.818. The van der Waals surface area contributed by atoms with E-state index in [0.29, 0.717) is 0 Å². The van der Waals surface area contributed by atoms with Crippen molar-refractivity contribution in [1.29, 1.82) is 0 Å². The number of nitrogens with zero attached hydrogens (tertiary/aromatic N) is 3. The zero-order valence-electron chi connectivity index (χ0n) is 32.7. The van der Waals surface area contributed by atoms with Gasteiger partial charge in [0, 0.05) is 37.4 Å². The van der Waals surface area contributed by atoms with Crippen molar-refractivity contribution in [3.63, 3.8) is 0 Å². The summed E-state index contributed by atoms with van der Waals surface area (Å²) in [5, 5.41) is 3.65. The van der Waals surface area contributed by atoms with Crippen LogP contribution in [0.15, 0.2) is 156 Å². The van der Waals surface area contributed by atoms with Crippen molar-refractivity contribution in [2.45, 2.75) is 46.8 Å². The van der Waals surface area contributed by atoms with E-state index in [9.17, 15) is 0 Å². The molecule has 0 aliphatic heterocycles. The monoisotopic (exact) mass is 924 g/mol. The van der Waals surface area contributed by atoms with Crippen molar-refractivity contribution in [2.75, 3.05) is 0 Å². The summed E-state index contributed by atoms with van der Waals surface area (Å²) in [5.41, 5.74) is 11.8. The summed E-state index contributed by atoms with van der Waals surface area (Å²) >= 11 is 0. The fraction of sp³-hybridized carbons (Fsp3) is 0.160. The minimum Gasteiger partial charge on any atom is -0.501 e. The predicted octanol–water partition coefficient (Wildman–Crippen LogP) is 12.7. The first-order chi connectivity index (χ1) is 26.5. The minimum atomic E-state index is -1.37. The van der Waals surface area contributed by atoms with Crippen molar-refractivity contribution in [3.8, 4) is 39.5 Å². The Bertz CT molecular complexity index is 2740. The Hall–Kier alpha value is -5.39. The zero-order valence-corrected chi connectivity index (χ0v) is 36.1. The van der Waals surface area contributed by atoms with Gasteiger partial charge in [0.15, 0.2) is 0 Å². The molecule has 3 heterocycles. The van der Waals surface area contributed by atoms with Gasteiger partial charge in [0.2, 0.25) is 0 Å². The average molecular weight is 924 g/mol. The van der Waals surface area contributed by atoms with Gasteiger partial charge in [-0.2, -0.15) is 0 Å². The van der Waals surface area contributed by atoms with Crippen LogP contribution in [0.25, 0.3) is 72.4 Å². The van der Waals surface area contributed by atoms with Gasteiger partial charge < -0.3 is 14.0 Å². The van der Waals surface area contributed by atoms with Gasteiger partial charge in [-0.1, -0.05) is 136 Å². The van der Waals surface area contributed by atoms with E-state index in [1.54, 1.807) is 0 Å². The molecular formula is C50H45IrN3OSi-2. The minimum absolute atomic E-state index is 0. The number of furan rings is 1. The Balaban J connectivity index is 0.000000190. The van der Waals surface area contributed by atoms with Crippen LogP contribution in [0, 0.1) is 17.5 Å². The Labute approximate surface area is 344 Å². The van der Waals surface area contributed by atoms with E-state index in [2.05, 4.69) is 142 Å². The van der Waals surface area contributed by atoms with Crippen LogP contribution >= 0.6 is 0 Å². The SMILES string of the molecule is CC(C)(C)Cc1cc(-c2[c-]cccc2)ncc1[Si](C)(C)C.[Ir].[c-]1ccc2c(oc3ccccc32)c1-c1nc2ccccc2n1-c1ccc(-c2ccccc2)cc1. The molecule has 4 nitrogen and oxygen atoms in total. The predicted molar refractivity (Wildman–Crippen MR) is 233 cm³/mol. The molecule has 0 fully saturated rings. The van der Waals surface area contributed by atoms with Crippen LogP contribution in [0.5, 0.6) is 0 Å². The van der Waals surface area contributed by atoms with Gasteiger partial charge in [0.05, 0.1) is 30.5 Å². The smallest absolute Gasteiger partial charge is 0.120 e. The molecule has 1 radical (unpaired) electrons. The molecule has 3 aromatic heterocycles. The topological polar surface area (TPSA) is 43.9 Å². The number of imidazole rings is 1. The molecule has 56 heavy (non-hydrogen) atoms. The normalized spacial score (nSPS) is 11.7. The van der Waals surface area contributed by atoms with Gasteiger partial charge in [-0.05, 0) is 64.2 Å². The quantitative estimate of drug-likeness (QED) is 0.123. The third-order valence-corrected chi connectivity index (χ3v) is 11.9. The number of rotatable bonds is 6. The maximum Gasteiger partial charge on any atom is 0.120 e. The molecular weight excluding hydrogens is 879 g/mol. The number of benzene rings is 6. The molecule has 0 saturated carbocycles. The Morgan fingerprint density at radius 3 is 2.12 bits per heavy atom. The van der Waals surface area contributed by atoms with Crippen molar-refractivity contribution in [3.05, 3.63) is 169 Å². The van der Waals surface area contributed by atoms with Crippen LogP contribution in [0.3, 0.4) is 0 Å². The number of fused-ring (bicyclic) bond motifs is 4. The van der Waals surface area contributed by atoms with Crippen molar-refractivity contribution in [2.24, 2.45) is 5.41 Å². The molecule has 0 bridgehead atoms.